The monoisotopic (exact) mass is 450 g/mol. The first-order valence-corrected chi connectivity index (χ1v) is 10.8. The van der Waals surface area contributed by atoms with E-state index < -0.39 is 6.10 Å². The lowest BCUT2D eigenvalue weighted by atomic mass is 10.1. The molecule has 0 radical (unpaired) electrons. The van der Waals surface area contributed by atoms with Gasteiger partial charge in [0.2, 0.25) is 5.91 Å². The quantitative estimate of drug-likeness (QED) is 0.584. The molecule has 3 aromatic rings. The highest BCUT2D eigenvalue weighted by molar-refractivity contribution is 5.92. The van der Waals surface area contributed by atoms with Gasteiger partial charge in [-0.05, 0) is 48.4 Å². The molecule has 0 aliphatic carbocycles. The summed E-state index contributed by atoms with van der Waals surface area (Å²) in [5.41, 5.74) is 2.39. The maximum Gasteiger partial charge on any atom is 0.264 e. The van der Waals surface area contributed by atoms with Crippen LogP contribution in [0.1, 0.15) is 30.0 Å². The average molecular weight is 450 g/mol. The van der Waals surface area contributed by atoms with Crippen LogP contribution in [-0.2, 0) is 29.1 Å². The van der Waals surface area contributed by atoms with Crippen LogP contribution in [0, 0.1) is 11.6 Å². The Morgan fingerprint density at radius 3 is 2.58 bits per heavy atom. The lowest BCUT2D eigenvalue weighted by Crippen LogP contribution is -2.39. The molecule has 5 nitrogen and oxygen atoms in total. The first-order chi connectivity index (χ1) is 15.9. The summed E-state index contributed by atoms with van der Waals surface area (Å²) in [5.74, 6) is -0.626. The summed E-state index contributed by atoms with van der Waals surface area (Å²) in [6, 6.07) is 17.3. The number of fused-ring (bicyclic) bond motifs is 1. The third-order valence-corrected chi connectivity index (χ3v) is 5.53. The molecule has 1 atom stereocenters. The number of amides is 2. The number of hydrogen-bond acceptors (Lipinski definition) is 3. The number of carbonyl (C=O) groups is 2. The number of halogens is 2. The van der Waals surface area contributed by atoms with Gasteiger partial charge < -0.3 is 15.0 Å². The normalized spacial score (nSPS) is 15.4. The average Bonchev–Trinajstić information content (AvgIpc) is 2.93. The van der Waals surface area contributed by atoms with Crippen LogP contribution in [0.5, 0.6) is 5.75 Å². The van der Waals surface area contributed by atoms with Gasteiger partial charge in [-0.1, -0.05) is 37.3 Å². The number of hydrogen-bond donors (Lipinski definition) is 1. The standard InChI is InChI=1S/C26H24F2N2O3/c1-2-23-26(32)30(15-18-5-3-4-6-22(18)28)16-19-14-21(11-12-24(19)33-23)29-25(31)13-17-7-9-20(27)10-8-17/h3-12,14,23H,2,13,15-16H2,1H3,(H,29,31). The van der Waals surface area contributed by atoms with Crippen molar-refractivity contribution in [1.82, 2.24) is 4.90 Å². The van der Waals surface area contributed by atoms with Gasteiger partial charge >= 0.3 is 0 Å². The second-order valence-electron chi connectivity index (χ2n) is 7.97. The summed E-state index contributed by atoms with van der Waals surface area (Å²) < 4.78 is 33.2. The molecule has 0 spiro atoms. The molecule has 1 N–H and O–H groups in total. The number of benzene rings is 3. The summed E-state index contributed by atoms with van der Waals surface area (Å²) in [5, 5.41) is 2.83. The number of nitrogens with zero attached hydrogens (tertiary/aromatic N) is 1. The highest BCUT2D eigenvalue weighted by atomic mass is 19.1. The fourth-order valence-corrected chi connectivity index (χ4v) is 3.80. The zero-order chi connectivity index (χ0) is 23.4. The first-order valence-electron chi connectivity index (χ1n) is 10.8. The number of rotatable bonds is 6. The van der Waals surface area contributed by atoms with Crippen LogP contribution in [0.25, 0.3) is 0 Å². The molecule has 0 bridgehead atoms. The van der Waals surface area contributed by atoms with Gasteiger partial charge in [0, 0.05) is 29.9 Å². The van der Waals surface area contributed by atoms with Crippen molar-refractivity contribution in [2.24, 2.45) is 0 Å². The van der Waals surface area contributed by atoms with E-state index in [1.54, 1.807) is 53.4 Å². The Kier molecular flexibility index (Phi) is 6.68. The predicted molar refractivity (Wildman–Crippen MR) is 121 cm³/mol. The third kappa shape index (κ3) is 5.37. The van der Waals surface area contributed by atoms with Gasteiger partial charge in [-0.25, -0.2) is 8.78 Å². The first kappa shape index (κ1) is 22.5. The molecule has 4 rings (SSSR count). The molecule has 7 heteroatoms. The van der Waals surface area contributed by atoms with Crippen molar-refractivity contribution >= 4 is 17.5 Å². The third-order valence-electron chi connectivity index (χ3n) is 5.53. The van der Waals surface area contributed by atoms with Crippen LogP contribution in [0.2, 0.25) is 0 Å². The van der Waals surface area contributed by atoms with E-state index >= 15 is 0 Å². The second-order valence-corrected chi connectivity index (χ2v) is 7.97. The van der Waals surface area contributed by atoms with Crippen molar-refractivity contribution in [1.29, 1.82) is 0 Å². The van der Waals surface area contributed by atoms with Crippen LogP contribution >= 0.6 is 0 Å². The summed E-state index contributed by atoms with van der Waals surface area (Å²) in [6.45, 7) is 2.20. The largest absolute Gasteiger partial charge is 0.480 e. The van der Waals surface area contributed by atoms with Gasteiger partial charge in [-0.3, -0.25) is 9.59 Å². The molecule has 2 amide bonds. The Morgan fingerprint density at radius 1 is 1.09 bits per heavy atom. The molecule has 1 heterocycles. The number of carbonyl (C=O) groups excluding carboxylic acids is 2. The highest BCUT2D eigenvalue weighted by Crippen LogP contribution is 2.30. The van der Waals surface area contributed by atoms with Crippen molar-refractivity contribution in [3.8, 4) is 5.75 Å². The van der Waals surface area contributed by atoms with E-state index in [0.29, 0.717) is 29.0 Å². The van der Waals surface area contributed by atoms with Gasteiger partial charge in [0.05, 0.1) is 6.42 Å². The Morgan fingerprint density at radius 2 is 1.85 bits per heavy atom. The van der Waals surface area contributed by atoms with E-state index in [4.69, 9.17) is 4.74 Å². The van der Waals surface area contributed by atoms with Gasteiger partial charge in [-0.15, -0.1) is 0 Å². The number of anilines is 1. The van der Waals surface area contributed by atoms with Crippen LogP contribution in [0.4, 0.5) is 14.5 Å². The molecule has 0 aromatic heterocycles. The smallest absolute Gasteiger partial charge is 0.264 e. The SMILES string of the molecule is CCC1Oc2ccc(NC(=O)Cc3ccc(F)cc3)cc2CN(Cc2ccccc2F)C1=O. The minimum absolute atomic E-state index is 0.101. The Labute approximate surface area is 191 Å². The van der Waals surface area contributed by atoms with Crippen LogP contribution < -0.4 is 10.1 Å². The Balaban J connectivity index is 1.53. The van der Waals surface area contributed by atoms with E-state index in [-0.39, 0.29) is 43.0 Å². The fraction of sp³-hybridized carbons (Fsp3) is 0.231. The minimum atomic E-state index is -0.669. The van der Waals surface area contributed by atoms with Gasteiger partial charge in [-0.2, -0.15) is 0 Å². The topological polar surface area (TPSA) is 58.6 Å². The maximum atomic E-state index is 14.2. The van der Waals surface area contributed by atoms with Crippen molar-refractivity contribution in [3.63, 3.8) is 0 Å². The summed E-state index contributed by atoms with van der Waals surface area (Å²) in [6.07, 6.45) is -0.0942. The van der Waals surface area contributed by atoms with E-state index in [0.717, 1.165) is 5.56 Å². The molecule has 1 aliphatic rings. The lowest BCUT2D eigenvalue weighted by molar-refractivity contribution is -0.139. The predicted octanol–water partition coefficient (Wildman–Crippen LogP) is 4.85. The maximum absolute atomic E-state index is 14.2. The molecule has 3 aromatic carbocycles. The van der Waals surface area contributed by atoms with Crippen LogP contribution in [-0.4, -0.2) is 22.8 Å². The zero-order valence-electron chi connectivity index (χ0n) is 18.2. The van der Waals surface area contributed by atoms with Crippen molar-refractivity contribution in [2.75, 3.05) is 5.32 Å². The van der Waals surface area contributed by atoms with E-state index in [9.17, 15) is 18.4 Å². The van der Waals surface area contributed by atoms with Crippen molar-refractivity contribution in [2.45, 2.75) is 39.0 Å². The molecule has 170 valence electrons. The summed E-state index contributed by atoms with van der Waals surface area (Å²) in [7, 11) is 0. The molecular weight excluding hydrogens is 426 g/mol. The lowest BCUT2D eigenvalue weighted by Gasteiger charge is -2.23. The molecule has 1 unspecified atom stereocenters. The molecular formula is C26H24F2N2O3. The molecule has 0 saturated carbocycles. The summed E-state index contributed by atoms with van der Waals surface area (Å²) >= 11 is 0. The summed E-state index contributed by atoms with van der Waals surface area (Å²) in [4.78, 5) is 27.1. The highest BCUT2D eigenvalue weighted by Gasteiger charge is 2.30. The van der Waals surface area contributed by atoms with E-state index in [2.05, 4.69) is 5.32 Å². The second kappa shape index (κ2) is 9.81. The van der Waals surface area contributed by atoms with E-state index in [1.807, 2.05) is 6.92 Å². The molecule has 33 heavy (non-hydrogen) atoms. The van der Waals surface area contributed by atoms with Gasteiger partial charge in [0.1, 0.15) is 17.4 Å². The van der Waals surface area contributed by atoms with Crippen LogP contribution in [0.15, 0.2) is 66.7 Å². The van der Waals surface area contributed by atoms with E-state index in [1.165, 1.54) is 18.2 Å². The molecule has 0 fully saturated rings. The molecule has 1 aliphatic heterocycles. The van der Waals surface area contributed by atoms with Crippen molar-refractivity contribution < 1.29 is 23.1 Å². The Hall–Kier alpha value is -3.74. The zero-order valence-corrected chi connectivity index (χ0v) is 18.2. The van der Waals surface area contributed by atoms with Gasteiger partial charge in [0.15, 0.2) is 6.10 Å². The van der Waals surface area contributed by atoms with Crippen molar-refractivity contribution in [3.05, 3.63) is 95.1 Å². The van der Waals surface area contributed by atoms with Gasteiger partial charge in [0.25, 0.3) is 5.91 Å². The Bertz CT molecular complexity index is 1160. The van der Waals surface area contributed by atoms with Crippen LogP contribution in [0.3, 0.4) is 0 Å². The fourth-order valence-electron chi connectivity index (χ4n) is 3.80. The molecule has 0 saturated heterocycles. The number of nitrogens with one attached hydrogen (secondary N) is 1. The minimum Gasteiger partial charge on any atom is -0.480 e. The number of ether oxygens (including phenoxy) is 1.